The fourth-order valence-electron chi connectivity index (χ4n) is 2.57. The zero-order chi connectivity index (χ0) is 10.4. The molecule has 2 heteroatoms. The molecule has 1 nitrogen and oxygen atoms in total. The maximum Gasteiger partial charge on any atom is 0.0740 e. The Morgan fingerprint density at radius 2 is 2.14 bits per heavy atom. The molecule has 0 bridgehead atoms. The highest BCUT2D eigenvalue weighted by Gasteiger charge is 2.44. The van der Waals surface area contributed by atoms with Crippen molar-refractivity contribution in [2.24, 2.45) is 5.92 Å². The SMILES string of the molecule is CC1(C)C[C@@](C)(O)[C@@H]2C=CCC=C2S1. The minimum atomic E-state index is -0.572. The van der Waals surface area contributed by atoms with E-state index in [0.717, 1.165) is 12.8 Å². The van der Waals surface area contributed by atoms with Gasteiger partial charge in [0.2, 0.25) is 0 Å². The van der Waals surface area contributed by atoms with Crippen molar-refractivity contribution in [1.29, 1.82) is 0 Å². The van der Waals surface area contributed by atoms with E-state index < -0.39 is 5.60 Å². The Balaban J connectivity index is 2.33. The van der Waals surface area contributed by atoms with Crippen LogP contribution in [0.25, 0.3) is 0 Å². The van der Waals surface area contributed by atoms with Gasteiger partial charge in [-0.25, -0.2) is 0 Å². The van der Waals surface area contributed by atoms with Gasteiger partial charge in [-0.2, -0.15) is 0 Å². The summed E-state index contributed by atoms with van der Waals surface area (Å²) in [7, 11) is 0. The van der Waals surface area contributed by atoms with Gasteiger partial charge in [-0.1, -0.05) is 32.1 Å². The summed E-state index contributed by atoms with van der Waals surface area (Å²) >= 11 is 1.92. The Labute approximate surface area is 90.3 Å². The van der Waals surface area contributed by atoms with Crippen LogP contribution in [0.3, 0.4) is 0 Å². The molecule has 0 radical (unpaired) electrons. The number of hydrogen-bond donors (Lipinski definition) is 1. The molecule has 0 spiro atoms. The van der Waals surface area contributed by atoms with E-state index in [-0.39, 0.29) is 10.7 Å². The summed E-state index contributed by atoms with van der Waals surface area (Å²) in [5, 5.41) is 10.4. The predicted octanol–water partition coefficient (Wildman–Crippen LogP) is 3.11. The second-order valence-electron chi connectivity index (χ2n) is 5.14. The topological polar surface area (TPSA) is 20.2 Å². The highest BCUT2D eigenvalue weighted by atomic mass is 32.2. The number of hydrogen-bond acceptors (Lipinski definition) is 2. The molecule has 1 fully saturated rings. The summed E-state index contributed by atoms with van der Waals surface area (Å²) in [6.45, 7) is 6.38. The molecule has 14 heavy (non-hydrogen) atoms. The van der Waals surface area contributed by atoms with Gasteiger partial charge in [-0.15, -0.1) is 11.8 Å². The van der Waals surface area contributed by atoms with Crippen LogP contribution in [-0.2, 0) is 0 Å². The first-order chi connectivity index (χ1) is 6.41. The van der Waals surface area contributed by atoms with Gasteiger partial charge in [0.25, 0.3) is 0 Å². The van der Waals surface area contributed by atoms with Crippen molar-refractivity contribution in [2.75, 3.05) is 0 Å². The summed E-state index contributed by atoms with van der Waals surface area (Å²) in [4.78, 5) is 1.36. The van der Waals surface area contributed by atoms with Crippen LogP contribution < -0.4 is 0 Å². The summed E-state index contributed by atoms with van der Waals surface area (Å²) in [6.07, 6.45) is 8.45. The molecule has 1 N–H and O–H groups in total. The van der Waals surface area contributed by atoms with Crippen molar-refractivity contribution < 1.29 is 5.11 Å². The standard InChI is InChI=1S/C12H18OS/c1-11(2)8-12(3,13)9-6-4-5-7-10(9)14-11/h4,6-7,9,13H,5,8H2,1-3H3/t9-,12-/m1/s1. The molecule has 1 aliphatic carbocycles. The van der Waals surface area contributed by atoms with Crippen LogP contribution in [0.2, 0.25) is 0 Å². The molecule has 78 valence electrons. The largest absolute Gasteiger partial charge is 0.389 e. The number of aliphatic hydroxyl groups is 1. The Morgan fingerprint density at radius 3 is 2.86 bits per heavy atom. The van der Waals surface area contributed by atoms with E-state index in [9.17, 15) is 5.11 Å². The maximum absolute atomic E-state index is 10.4. The van der Waals surface area contributed by atoms with E-state index in [1.54, 1.807) is 0 Å². The molecule has 2 rings (SSSR count). The van der Waals surface area contributed by atoms with Crippen LogP contribution in [0.15, 0.2) is 23.1 Å². The Morgan fingerprint density at radius 1 is 1.43 bits per heavy atom. The second kappa shape index (κ2) is 3.14. The molecule has 1 heterocycles. The van der Waals surface area contributed by atoms with Crippen LogP contribution in [0.5, 0.6) is 0 Å². The summed E-state index contributed by atoms with van der Waals surface area (Å²) in [5.74, 6) is 0.231. The van der Waals surface area contributed by atoms with Crippen molar-refractivity contribution in [3.8, 4) is 0 Å². The molecule has 1 aliphatic heterocycles. The average Bonchev–Trinajstić information content (AvgIpc) is 2.00. The van der Waals surface area contributed by atoms with Crippen molar-refractivity contribution in [3.05, 3.63) is 23.1 Å². The Kier molecular flexibility index (Phi) is 2.31. The molecule has 0 saturated carbocycles. The first kappa shape index (κ1) is 10.3. The van der Waals surface area contributed by atoms with Crippen molar-refractivity contribution in [2.45, 2.75) is 44.0 Å². The highest BCUT2D eigenvalue weighted by molar-refractivity contribution is 8.04. The van der Waals surface area contributed by atoms with E-state index >= 15 is 0 Å². The average molecular weight is 210 g/mol. The second-order valence-corrected chi connectivity index (χ2v) is 6.92. The lowest BCUT2D eigenvalue weighted by Gasteiger charge is -2.46. The lowest BCUT2D eigenvalue weighted by Crippen LogP contribution is -2.45. The smallest absolute Gasteiger partial charge is 0.0740 e. The summed E-state index contributed by atoms with van der Waals surface area (Å²) < 4.78 is 0.164. The highest BCUT2D eigenvalue weighted by Crippen LogP contribution is 2.52. The van der Waals surface area contributed by atoms with Gasteiger partial charge in [-0.05, 0) is 24.7 Å². The van der Waals surface area contributed by atoms with Gasteiger partial charge >= 0.3 is 0 Å². The molecule has 0 unspecified atom stereocenters. The zero-order valence-electron chi connectivity index (χ0n) is 9.08. The summed E-state index contributed by atoms with van der Waals surface area (Å²) in [5.41, 5.74) is -0.572. The monoisotopic (exact) mass is 210 g/mol. The van der Waals surface area contributed by atoms with Crippen molar-refractivity contribution >= 4 is 11.8 Å². The molecule has 2 aliphatic rings. The van der Waals surface area contributed by atoms with Gasteiger partial charge in [0.15, 0.2) is 0 Å². The molecule has 1 saturated heterocycles. The lowest BCUT2D eigenvalue weighted by atomic mass is 9.79. The third-order valence-electron chi connectivity index (χ3n) is 2.94. The van der Waals surface area contributed by atoms with Gasteiger partial charge in [0.05, 0.1) is 5.60 Å². The number of fused-ring (bicyclic) bond motifs is 1. The van der Waals surface area contributed by atoms with Gasteiger partial charge in [-0.3, -0.25) is 0 Å². The zero-order valence-corrected chi connectivity index (χ0v) is 9.90. The normalized spacial score (nSPS) is 40.3. The van der Waals surface area contributed by atoms with Crippen molar-refractivity contribution in [3.63, 3.8) is 0 Å². The van der Waals surface area contributed by atoms with Gasteiger partial charge < -0.3 is 5.11 Å². The fourth-order valence-corrected chi connectivity index (χ4v) is 4.21. The van der Waals surface area contributed by atoms with E-state index in [0.29, 0.717) is 0 Å². The van der Waals surface area contributed by atoms with E-state index in [1.165, 1.54) is 4.91 Å². The van der Waals surface area contributed by atoms with Crippen LogP contribution in [0, 0.1) is 5.92 Å². The van der Waals surface area contributed by atoms with E-state index in [2.05, 4.69) is 32.1 Å². The van der Waals surface area contributed by atoms with E-state index in [4.69, 9.17) is 0 Å². The van der Waals surface area contributed by atoms with Gasteiger partial charge in [0.1, 0.15) is 0 Å². The van der Waals surface area contributed by atoms with Crippen LogP contribution in [0.1, 0.15) is 33.6 Å². The number of thioether (sulfide) groups is 1. The van der Waals surface area contributed by atoms with Gasteiger partial charge in [0, 0.05) is 10.7 Å². The number of allylic oxidation sites excluding steroid dienone is 2. The molecule has 0 aromatic carbocycles. The molecule has 0 aromatic rings. The maximum atomic E-state index is 10.4. The molecule has 0 aromatic heterocycles. The van der Waals surface area contributed by atoms with Crippen LogP contribution in [-0.4, -0.2) is 15.5 Å². The third-order valence-corrected chi connectivity index (χ3v) is 4.29. The van der Waals surface area contributed by atoms with Crippen LogP contribution in [0.4, 0.5) is 0 Å². The minimum absolute atomic E-state index is 0.164. The lowest BCUT2D eigenvalue weighted by molar-refractivity contribution is 0.0133. The quantitative estimate of drug-likeness (QED) is 0.620. The van der Waals surface area contributed by atoms with Crippen LogP contribution >= 0.6 is 11.8 Å². The molecular weight excluding hydrogens is 192 g/mol. The fraction of sp³-hybridized carbons (Fsp3) is 0.667. The Bertz CT molecular complexity index is 299. The molecular formula is C12H18OS. The predicted molar refractivity (Wildman–Crippen MR) is 62.2 cm³/mol. The first-order valence-electron chi connectivity index (χ1n) is 5.19. The number of rotatable bonds is 0. The Hall–Kier alpha value is -0.210. The summed E-state index contributed by atoms with van der Waals surface area (Å²) in [6, 6.07) is 0. The molecule has 0 amide bonds. The van der Waals surface area contributed by atoms with Crippen molar-refractivity contribution in [1.82, 2.24) is 0 Å². The third kappa shape index (κ3) is 1.78. The first-order valence-corrected chi connectivity index (χ1v) is 6.00. The van der Waals surface area contributed by atoms with E-state index in [1.807, 2.05) is 18.7 Å². The molecule has 2 atom stereocenters. The minimum Gasteiger partial charge on any atom is -0.389 e.